The van der Waals surface area contributed by atoms with Crippen molar-refractivity contribution in [1.29, 1.82) is 0 Å². The SMILES string of the molecule is CS(=O)(=O)c1ccc(NCCCC2CCCC2)cc1. The lowest BCUT2D eigenvalue weighted by Crippen LogP contribution is -2.04. The van der Waals surface area contributed by atoms with Crippen molar-refractivity contribution in [3.63, 3.8) is 0 Å². The average molecular weight is 281 g/mol. The summed E-state index contributed by atoms with van der Waals surface area (Å²) in [7, 11) is -3.08. The van der Waals surface area contributed by atoms with E-state index in [-0.39, 0.29) is 0 Å². The van der Waals surface area contributed by atoms with Gasteiger partial charge >= 0.3 is 0 Å². The van der Waals surface area contributed by atoms with Gasteiger partial charge in [0, 0.05) is 18.5 Å². The predicted molar refractivity (Wildman–Crippen MR) is 79.2 cm³/mol. The maximum atomic E-state index is 11.3. The van der Waals surface area contributed by atoms with Gasteiger partial charge in [0.1, 0.15) is 0 Å². The van der Waals surface area contributed by atoms with Crippen LogP contribution in [0.25, 0.3) is 0 Å². The molecule has 19 heavy (non-hydrogen) atoms. The fraction of sp³-hybridized carbons (Fsp3) is 0.600. The number of anilines is 1. The van der Waals surface area contributed by atoms with Crippen LogP contribution in [0.3, 0.4) is 0 Å². The largest absolute Gasteiger partial charge is 0.385 e. The van der Waals surface area contributed by atoms with E-state index in [0.29, 0.717) is 4.90 Å². The fourth-order valence-electron chi connectivity index (χ4n) is 2.74. The van der Waals surface area contributed by atoms with Crippen LogP contribution in [0.5, 0.6) is 0 Å². The third-order valence-electron chi connectivity index (χ3n) is 3.88. The minimum absolute atomic E-state index is 0.379. The van der Waals surface area contributed by atoms with Gasteiger partial charge < -0.3 is 5.32 Å². The minimum atomic E-state index is -3.08. The van der Waals surface area contributed by atoms with Crippen LogP contribution >= 0.6 is 0 Å². The number of nitrogens with one attached hydrogen (secondary N) is 1. The van der Waals surface area contributed by atoms with Crippen LogP contribution in [0.2, 0.25) is 0 Å². The molecule has 0 unspecified atom stereocenters. The molecule has 0 bridgehead atoms. The molecule has 1 fully saturated rings. The third-order valence-corrected chi connectivity index (χ3v) is 5.00. The standard InChI is InChI=1S/C15H23NO2S/c1-19(17,18)15-10-8-14(9-11-15)16-12-4-7-13-5-2-3-6-13/h8-11,13,16H,2-7,12H2,1H3. The smallest absolute Gasteiger partial charge is 0.175 e. The third kappa shape index (κ3) is 4.53. The van der Waals surface area contributed by atoms with Crippen molar-refractivity contribution in [3.05, 3.63) is 24.3 Å². The topological polar surface area (TPSA) is 46.2 Å². The Kier molecular flexibility index (Phi) is 4.86. The van der Waals surface area contributed by atoms with E-state index >= 15 is 0 Å². The molecule has 1 aromatic rings. The molecular formula is C15H23NO2S. The predicted octanol–water partition coefficient (Wildman–Crippen LogP) is 3.47. The van der Waals surface area contributed by atoms with Crippen LogP contribution < -0.4 is 5.32 Å². The van der Waals surface area contributed by atoms with E-state index in [2.05, 4.69) is 5.32 Å². The van der Waals surface area contributed by atoms with E-state index in [1.807, 2.05) is 12.1 Å². The van der Waals surface area contributed by atoms with Gasteiger partial charge in [0.2, 0.25) is 0 Å². The molecule has 4 heteroatoms. The molecule has 0 amide bonds. The van der Waals surface area contributed by atoms with Crippen LogP contribution in [0.1, 0.15) is 38.5 Å². The van der Waals surface area contributed by atoms with Crippen molar-refractivity contribution >= 4 is 15.5 Å². The number of hydrogen-bond donors (Lipinski definition) is 1. The Morgan fingerprint density at radius 2 is 1.79 bits per heavy atom. The summed E-state index contributed by atoms with van der Waals surface area (Å²) in [5, 5.41) is 3.35. The van der Waals surface area contributed by atoms with E-state index < -0.39 is 9.84 Å². The molecule has 0 aromatic heterocycles. The zero-order chi connectivity index (χ0) is 13.7. The highest BCUT2D eigenvalue weighted by Gasteiger charge is 2.13. The van der Waals surface area contributed by atoms with E-state index in [1.54, 1.807) is 12.1 Å². The molecule has 0 spiro atoms. The normalized spacial score (nSPS) is 16.7. The molecule has 0 heterocycles. The van der Waals surface area contributed by atoms with Crippen molar-refractivity contribution in [3.8, 4) is 0 Å². The highest BCUT2D eigenvalue weighted by atomic mass is 32.2. The molecule has 0 atom stereocenters. The Morgan fingerprint density at radius 1 is 1.16 bits per heavy atom. The Morgan fingerprint density at radius 3 is 2.37 bits per heavy atom. The van der Waals surface area contributed by atoms with Crippen LogP contribution in [0.15, 0.2) is 29.2 Å². The molecule has 1 aromatic carbocycles. The van der Waals surface area contributed by atoms with Gasteiger partial charge in [-0.05, 0) is 43.0 Å². The quantitative estimate of drug-likeness (QED) is 0.812. The maximum absolute atomic E-state index is 11.3. The van der Waals surface area contributed by atoms with Crippen LogP contribution in [-0.4, -0.2) is 21.2 Å². The van der Waals surface area contributed by atoms with E-state index in [1.165, 1.54) is 44.8 Å². The molecule has 1 N–H and O–H groups in total. The fourth-order valence-corrected chi connectivity index (χ4v) is 3.37. The molecule has 2 rings (SSSR count). The molecule has 1 aliphatic rings. The second kappa shape index (κ2) is 6.42. The first-order chi connectivity index (χ1) is 9.05. The average Bonchev–Trinajstić information content (AvgIpc) is 2.87. The van der Waals surface area contributed by atoms with Crippen molar-refractivity contribution in [2.24, 2.45) is 5.92 Å². The van der Waals surface area contributed by atoms with E-state index in [9.17, 15) is 8.42 Å². The first-order valence-corrected chi connectivity index (χ1v) is 8.99. The van der Waals surface area contributed by atoms with Crippen molar-refractivity contribution in [2.75, 3.05) is 18.1 Å². The zero-order valence-corrected chi connectivity index (χ0v) is 12.4. The van der Waals surface area contributed by atoms with Gasteiger partial charge in [0.25, 0.3) is 0 Å². The Bertz CT molecular complexity index is 487. The summed E-state index contributed by atoms with van der Waals surface area (Å²) in [6.45, 7) is 0.967. The summed E-state index contributed by atoms with van der Waals surface area (Å²) in [6.07, 6.45) is 9.37. The monoisotopic (exact) mass is 281 g/mol. The van der Waals surface area contributed by atoms with E-state index in [0.717, 1.165) is 18.2 Å². The minimum Gasteiger partial charge on any atom is -0.385 e. The molecule has 1 aliphatic carbocycles. The summed E-state index contributed by atoms with van der Waals surface area (Å²) in [6, 6.07) is 7.00. The highest BCUT2D eigenvalue weighted by molar-refractivity contribution is 7.90. The number of benzene rings is 1. The van der Waals surface area contributed by atoms with Gasteiger partial charge in [0.15, 0.2) is 9.84 Å². The molecule has 0 aliphatic heterocycles. The first-order valence-electron chi connectivity index (χ1n) is 7.10. The lowest BCUT2D eigenvalue weighted by Gasteiger charge is -2.10. The maximum Gasteiger partial charge on any atom is 0.175 e. The first kappa shape index (κ1) is 14.4. The molecule has 3 nitrogen and oxygen atoms in total. The molecular weight excluding hydrogens is 258 g/mol. The van der Waals surface area contributed by atoms with Crippen LogP contribution in [-0.2, 0) is 9.84 Å². The highest BCUT2D eigenvalue weighted by Crippen LogP contribution is 2.28. The van der Waals surface area contributed by atoms with Gasteiger partial charge in [-0.15, -0.1) is 0 Å². The van der Waals surface area contributed by atoms with Crippen molar-refractivity contribution in [1.82, 2.24) is 0 Å². The van der Waals surface area contributed by atoms with Crippen molar-refractivity contribution in [2.45, 2.75) is 43.4 Å². The van der Waals surface area contributed by atoms with Crippen LogP contribution in [0, 0.1) is 5.92 Å². The lowest BCUT2D eigenvalue weighted by atomic mass is 10.0. The summed E-state index contributed by atoms with van der Waals surface area (Å²) in [5.41, 5.74) is 0.999. The second-order valence-electron chi connectivity index (χ2n) is 5.52. The zero-order valence-electron chi connectivity index (χ0n) is 11.6. The molecule has 0 saturated heterocycles. The van der Waals surface area contributed by atoms with Crippen LogP contribution in [0.4, 0.5) is 5.69 Å². The molecule has 1 saturated carbocycles. The summed E-state index contributed by atoms with van der Waals surface area (Å²) >= 11 is 0. The Hall–Kier alpha value is -1.03. The van der Waals surface area contributed by atoms with Crippen molar-refractivity contribution < 1.29 is 8.42 Å². The number of rotatable bonds is 6. The number of hydrogen-bond acceptors (Lipinski definition) is 3. The summed E-state index contributed by atoms with van der Waals surface area (Å²) in [4.78, 5) is 0.379. The Balaban J connectivity index is 1.74. The Labute approximate surface area is 116 Å². The second-order valence-corrected chi connectivity index (χ2v) is 7.53. The molecule has 0 radical (unpaired) electrons. The van der Waals surface area contributed by atoms with Gasteiger partial charge in [-0.1, -0.05) is 25.7 Å². The van der Waals surface area contributed by atoms with Gasteiger partial charge in [-0.2, -0.15) is 0 Å². The van der Waals surface area contributed by atoms with Gasteiger partial charge in [-0.25, -0.2) is 8.42 Å². The van der Waals surface area contributed by atoms with Gasteiger partial charge in [-0.3, -0.25) is 0 Å². The molecule has 106 valence electrons. The lowest BCUT2D eigenvalue weighted by molar-refractivity contribution is 0.491. The van der Waals surface area contributed by atoms with Gasteiger partial charge in [0.05, 0.1) is 4.90 Å². The number of sulfone groups is 1. The summed E-state index contributed by atoms with van der Waals surface area (Å²) in [5.74, 6) is 0.939. The van der Waals surface area contributed by atoms with E-state index in [4.69, 9.17) is 0 Å². The summed E-state index contributed by atoms with van der Waals surface area (Å²) < 4.78 is 22.7.